The fraction of sp³-hybridized carbons (Fsp3) is 0.0870. The predicted molar refractivity (Wildman–Crippen MR) is 117 cm³/mol. The van der Waals surface area contributed by atoms with Crippen LogP contribution in [0.4, 0.5) is 0 Å². The van der Waals surface area contributed by atoms with Crippen molar-refractivity contribution in [3.8, 4) is 0 Å². The molecule has 2 N–H and O–H groups in total. The molecule has 4 rings (SSSR count). The topological polar surface area (TPSA) is 84.0 Å². The monoisotopic (exact) mass is 419 g/mol. The van der Waals surface area contributed by atoms with Gasteiger partial charge in [-0.1, -0.05) is 66.2 Å². The molecular formula is C23H18ClN3O3. The number of benzene rings is 3. The lowest BCUT2D eigenvalue weighted by Crippen LogP contribution is -2.41. The van der Waals surface area contributed by atoms with Gasteiger partial charge in [0, 0.05) is 5.02 Å². The second kappa shape index (κ2) is 8.39. The van der Waals surface area contributed by atoms with Crippen molar-refractivity contribution in [1.29, 1.82) is 0 Å². The smallest absolute Gasteiger partial charge is 0.329 e. The summed E-state index contributed by atoms with van der Waals surface area (Å²) in [5.41, 5.74) is 0.941. The number of aromatic nitrogens is 2. The maximum Gasteiger partial charge on any atom is 0.329 e. The number of rotatable bonds is 5. The van der Waals surface area contributed by atoms with Crippen molar-refractivity contribution in [1.82, 2.24) is 14.9 Å². The Morgan fingerprint density at radius 2 is 1.63 bits per heavy atom. The van der Waals surface area contributed by atoms with E-state index in [2.05, 4.69) is 10.3 Å². The molecule has 3 aromatic carbocycles. The van der Waals surface area contributed by atoms with Crippen LogP contribution in [0.1, 0.15) is 17.2 Å². The molecule has 0 radical (unpaired) electrons. The van der Waals surface area contributed by atoms with E-state index in [1.54, 1.807) is 42.5 Å². The fourth-order valence-corrected chi connectivity index (χ4v) is 3.58. The minimum absolute atomic E-state index is 0.347. The molecule has 1 unspecified atom stereocenters. The van der Waals surface area contributed by atoms with Crippen LogP contribution in [0.2, 0.25) is 5.02 Å². The van der Waals surface area contributed by atoms with Gasteiger partial charge in [-0.3, -0.25) is 14.2 Å². The third kappa shape index (κ3) is 4.04. The normalized spacial score (nSPS) is 11.9. The van der Waals surface area contributed by atoms with Gasteiger partial charge in [-0.25, -0.2) is 4.79 Å². The third-order valence-electron chi connectivity index (χ3n) is 4.81. The summed E-state index contributed by atoms with van der Waals surface area (Å²) >= 11 is 6.14. The number of nitrogens with zero attached hydrogens (tertiary/aromatic N) is 1. The van der Waals surface area contributed by atoms with Crippen LogP contribution >= 0.6 is 11.6 Å². The van der Waals surface area contributed by atoms with Gasteiger partial charge >= 0.3 is 5.69 Å². The van der Waals surface area contributed by atoms with E-state index in [9.17, 15) is 14.4 Å². The maximum atomic E-state index is 12.8. The van der Waals surface area contributed by atoms with E-state index in [1.165, 1.54) is 0 Å². The van der Waals surface area contributed by atoms with Crippen molar-refractivity contribution < 1.29 is 4.79 Å². The molecule has 30 heavy (non-hydrogen) atoms. The van der Waals surface area contributed by atoms with Crippen LogP contribution in [-0.4, -0.2) is 15.5 Å². The lowest BCUT2D eigenvalue weighted by atomic mass is 9.98. The van der Waals surface area contributed by atoms with Gasteiger partial charge in [0.15, 0.2) is 0 Å². The van der Waals surface area contributed by atoms with Gasteiger partial charge in [0.05, 0.1) is 16.9 Å². The van der Waals surface area contributed by atoms with Crippen LogP contribution in [0.25, 0.3) is 10.9 Å². The molecule has 1 heterocycles. The van der Waals surface area contributed by atoms with E-state index >= 15 is 0 Å². The van der Waals surface area contributed by atoms with Crippen LogP contribution in [0.5, 0.6) is 0 Å². The first-order valence-corrected chi connectivity index (χ1v) is 9.72. The van der Waals surface area contributed by atoms with Crippen LogP contribution in [0, 0.1) is 0 Å². The van der Waals surface area contributed by atoms with Crippen molar-refractivity contribution in [2.24, 2.45) is 0 Å². The zero-order valence-electron chi connectivity index (χ0n) is 15.8. The lowest BCUT2D eigenvalue weighted by molar-refractivity contribution is -0.122. The molecule has 6 nitrogen and oxygen atoms in total. The van der Waals surface area contributed by atoms with Gasteiger partial charge in [-0.2, -0.15) is 0 Å². The summed E-state index contributed by atoms with van der Waals surface area (Å²) < 4.78 is 0.900. The lowest BCUT2D eigenvalue weighted by Gasteiger charge is -2.20. The highest BCUT2D eigenvalue weighted by Gasteiger charge is 2.19. The number of hydrogen-bond donors (Lipinski definition) is 2. The maximum absolute atomic E-state index is 12.8. The van der Waals surface area contributed by atoms with Gasteiger partial charge in [0.1, 0.15) is 6.54 Å². The van der Waals surface area contributed by atoms with Crippen molar-refractivity contribution in [2.75, 3.05) is 0 Å². The number of amides is 1. The molecule has 0 aliphatic heterocycles. The van der Waals surface area contributed by atoms with Crippen LogP contribution in [-0.2, 0) is 11.3 Å². The Hall–Kier alpha value is -3.64. The molecule has 150 valence electrons. The molecule has 0 bridgehead atoms. The van der Waals surface area contributed by atoms with Gasteiger partial charge in [0.25, 0.3) is 5.56 Å². The highest BCUT2D eigenvalue weighted by molar-refractivity contribution is 6.30. The number of aromatic amines is 1. The van der Waals surface area contributed by atoms with Gasteiger partial charge in [-0.15, -0.1) is 0 Å². The standard InChI is InChI=1S/C23H18ClN3O3/c24-17-10-6-9-16(13-17)21(15-7-2-1-3-8-15)26-20(28)14-27-22(29)18-11-4-5-12-19(18)25-23(27)30/h1-13,21H,14H2,(H,25,30)(H,26,28). The van der Waals surface area contributed by atoms with Crippen LogP contribution < -0.4 is 16.6 Å². The van der Waals surface area contributed by atoms with E-state index in [0.29, 0.717) is 15.9 Å². The molecule has 1 atom stereocenters. The van der Waals surface area contributed by atoms with Crippen LogP contribution in [0.3, 0.4) is 0 Å². The highest BCUT2D eigenvalue weighted by Crippen LogP contribution is 2.24. The average molecular weight is 420 g/mol. The zero-order valence-corrected chi connectivity index (χ0v) is 16.6. The van der Waals surface area contributed by atoms with Gasteiger partial charge in [0.2, 0.25) is 5.91 Å². The van der Waals surface area contributed by atoms with Crippen molar-refractivity contribution >= 4 is 28.4 Å². The Labute approximate surface area is 176 Å². The first-order valence-electron chi connectivity index (χ1n) is 9.34. The molecule has 0 fully saturated rings. The molecule has 0 saturated carbocycles. The SMILES string of the molecule is O=C(Cn1c(=O)[nH]c2ccccc2c1=O)NC(c1ccccc1)c1cccc(Cl)c1. The van der Waals surface area contributed by atoms with E-state index in [-0.39, 0.29) is 0 Å². The molecule has 0 aliphatic rings. The Kier molecular flexibility index (Phi) is 5.50. The van der Waals surface area contributed by atoms with Crippen LogP contribution in [0.15, 0.2) is 88.5 Å². The Morgan fingerprint density at radius 3 is 2.40 bits per heavy atom. The minimum Gasteiger partial charge on any atom is -0.344 e. The van der Waals surface area contributed by atoms with E-state index in [4.69, 9.17) is 11.6 Å². The number of para-hydroxylation sites is 1. The Bertz CT molecular complexity index is 1330. The van der Waals surface area contributed by atoms with Gasteiger partial charge in [-0.05, 0) is 35.4 Å². The summed E-state index contributed by atoms with van der Waals surface area (Å²) in [5, 5.41) is 3.81. The largest absolute Gasteiger partial charge is 0.344 e. The number of carbonyl (C=O) groups excluding carboxylic acids is 1. The summed E-state index contributed by atoms with van der Waals surface area (Å²) in [4.78, 5) is 40.5. The van der Waals surface area contributed by atoms with E-state index < -0.39 is 29.7 Å². The first kappa shape index (κ1) is 19.7. The Balaban J connectivity index is 1.67. The Morgan fingerprint density at radius 1 is 0.933 bits per heavy atom. The molecular weight excluding hydrogens is 402 g/mol. The number of carbonyl (C=O) groups is 1. The molecule has 1 amide bonds. The zero-order chi connectivity index (χ0) is 21.1. The number of nitrogens with one attached hydrogen (secondary N) is 2. The molecule has 4 aromatic rings. The number of halogens is 1. The number of fused-ring (bicyclic) bond motifs is 1. The van der Waals surface area contributed by atoms with Crippen molar-refractivity contribution in [3.05, 3.63) is 116 Å². The van der Waals surface area contributed by atoms with E-state index in [0.717, 1.165) is 15.7 Å². The summed E-state index contributed by atoms with van der Waals surface area (Å²) in [5.74, 6) is -0.466. The second-order valence-corrected chi connectivity index (χ2v) is 7.27. The van der Waals surface area contributed by atoms with Gasteiger partial charge < -0.3 is 10.3 Å². The minimum atomic E-state index is -0.632. The molecule has 7 heteroatoms. The quantitative estimate of drug-likeness (QED) is 0.520. The highest BCUT2D eigenvalue weighted by atomic mass is 35.5. The predicted octanol–water partition coefficient (Wildman–Crippen LogP) is 3.25. The van der Waals surface area contributed by atoms with Crippen molar-refractivity contribution in [3.63, 3.8) is 0 Å². The summed E-state index contributed by atoms with van der Waals surface area (Å²) in [6.07, 6.45) is 0. The fourth-order valence-electron chi connectivity index (χ4n) is 3.38. The van der Waals surface area contributed by atoms with Crippen molar-refractivity contribution in [2.45, 2.75) is 12.6 Å². The number of hydrogen-bond acceptors (Lipinski definition) is 3. The second-order valence-electron chi connectivity index (χ2n) is 6.83. The molecule has 1 aromatic heterocycles. The molecule has 0 spiro atoms. The summed E-state index contributed by atoms with van der Waals surface area (Å²) in [6.45, 7) is -0.400. The van der Waals surface area contributed by atoms with E-state index in [1.807, 2.05) is 36.4 Å². The molecule has 0 saturated heterocycles. The number of H-pyrrole nitrogens is 1. The molecule has 0 aliphatic carbocycles. The average Bonchev–Trinajstić information content (AvgIpc) is 2.75. The first-order chi connectivity index (χ1) is 14.5. The third-order valence-corrected chi connectivity index (χ3v) is 5.05. The summed E-state index contributed by atoms with van der Waals surface area (Å²) in [7, 11) is 0. The summed E-state index contributed by atoms with van der Waals surface area (Å²) in [6, 6.07) is 22.8.